The van der Waals surface area contributed by atoms with Crippen LogP contribution in [0.4, 0.5) is 5.82 Å². The molecule has 9 nitrogen and oxygen atoms in total. The van der Waals surface area contributed by atoms with E-state index < -0.39 is 5.97 Å². The van der Waals surface area contributed by atoms with Gasteiger partial charge in [0.2, 0.25) is 11.6 Å². The molecule has 2 aromatic rings. The number of carboxylic acid groups (broad SMARTS) is 1. The number of hydrogen-bond donors (Lipinski definition) is 1. The van der Waals surface area contributed by atoms with Gasteiger partial charge in [-0.15, -0.1) is 5.10 Å². The van der Waals surface area contributed by atoms with E-state index in [-0.39, 0.29) is 23.0 Å². The number of carboxylic acids is 1. The van der Waals surface area contributed by atoms with Crippen LogP contribution < -0.4 is 10.8 Å². The summed E-state index contributed by atoms with van der Waals surface area (Å²) in [5, 5.41) is 24.6. The molecule has 9 heteroatoms. The first-order valence-corrected chi connectivity index (χ1v) is 3.83. The number of carbonyl (C=O) groups excluding carboxylic acids is 1. The largest absolute Gasteiger partial charge is 0.543 e. The summed E-state index contributed by atoms with van der Waals surface area (Å²) in [4.78, 5) is 10.8. The molecule has 0 spiro atoms. The minimum absolute atomic E-state index is 0.0326. The van der Waals surface area contributed by atoms with Gasteiger partial charge in [-0.3, -0.25) is 0 Å². The van der Waals surface area contributed by atoms with Gasteiger partial charge >= 0.3 is 0 Å². The second kappa shape index (κ2) is 3.04. The fraction of sp³-hybridized carbons (Fsp3) is 0.167. The number of hydrogen-bond acceptors (Lipinski definition) is 8. The zero-order valence-electron chi connectivity index (χ0n) is 7.54. The molecular weight excluding hydrogens is 204 g/mol. The Morgan fingerprint density at radius 2 is 2.27 bits per heavy atom. The summed E-state index contributed by atoms with van der Waals surface area (Å²) < 4.78 is 5.22. The van der Waals surface area contributed by atoms with E-state index in [2.05, 4.69) is 25.3 Å². The smallest absolute Gasteiger partial charge is 0.244 e. The van der Waals surface area contributed by atoms with Crippen molar-refractivity contribution in [2.24, 2.45) is 0 Å². The van der Waals surface area contributed by atoms with Crippen molar-refractivity contribution in [3.8, 4) is 5.82 Å². The fourth-order valence-electron chi connectivity index (χ4n) is 1.08. The van der Waals surface area contributed by atoms with Gasteiger partial charge in [0, 0.05) is 0 Å². The third-order valence-electron chi connectivity index (χ3n) is 1.73. The number of rotatable bonds is 2. The summed E-state index contributed by atoms with van der Waals surface area (Å²) in [5.41, 5.74) is 5.34. The number of anilines is 1. The summed E-state index contributed by atoms with van der Waals surface area (Å²) >= 11 is 0. The Bertz CT molecular complexity index is 515. The zero-order chi connectivity index (χ0) is 11.0. The number of nitrogens with two attached hydrogens (primary N) is 1. The predicted octanol–water partition coefficient (Wildman–Crippen LogP) is -2.10. The molecule has 0 aliphatic heterocycles. The lowest BCUT2D eigenvalue weighted by Gasteiger charge is -2.03. The maximum absolute atomic E-state index is 10.8. The molecule has 0 saturated heterocycles. The van der Waals surface area contributed by atoms with Crippen LogP contribution in [0.3, 0.4) is 0 Å². The van der Waals surface area contributed by atoms with Gasteiger partial charge < -0.3 is 15.6 Å². The lowest BCUT2D eigenvalue weighted by Crippen LogP contribution is -2.26. The maximum atomic E-state index is 10.8. The van der Waals surface area contributed by atoms with Gasteiger partial charge in [-0.05, 0) is 17.2 Å². The van der Waals surface area contributed by atoms with Crippen LogP contribution >= 0.6 is 0 Å². The van der Waals surface area contributed by atoms with Gasteiger partial charge in [0.05, 0.1) is 11.7 Å². The molecule has 0 unspecified atom stereocenters. The third kappa shape index (κ3) is 1.29. The molecule has 2 rings (SSSR count). The highest BCUT2D eigenvalue weighted by atomic mass is 16.6. The van der Waals surface area contributed by atoms with Crippen LogP contribution in [0, 0.1) is 6.92 Å². The fourth-order valence-corrected chi connectivity index (χ4v) is 1.08. The summed E-state index contributed by atoms with van der Waals surface area (Å²) in [7, 11) is 0. The first kappa shape index (κ1) is 9.12. The molecule has 0 radical (unpaired) electrons. The molecule has 78 valence electrons. The van der Waals surface area contributed by atoms with Gasteiger partial charge in [0.1, 0.15) is 5.69 Å². The highest BCUT2D eigenvalue weighted by Gasteiger charge is 2.17. The molecule has 2 heterocycles. The van der Waals surface area contributed by atoms with E-state index >= 15 is 0 Å². The van der Waals surface area contributed by atoms with Crippen LogP contribution in [0.2, 0.25) is 0 Å². The summed E-state index contributed by atoms with van der Waals surface area (Å²) in [6, 6.07) is 0. The third-order valence-corrected chi connectivity index (χ3v) is 1.73. The Hall–Kier alpha value is -2.45. The monoisotopic (exact) mass is 209 g/mol. The Kier molecular flexibility index (Phi) is 1.85. The summed E-state index contributed by atoms with van der Waals surface area (Å²) in [6.07, 6.45) is 0. The van der Waals surface area contributed by atoms with E-state index in [1.54, 1.807) is 0 Å². The zero-order valence-corrected chi connectivity index (χ0v) is 7.54. The number of nitrogen functional groups attached to an aromatic ring is 1. The van der Waals surface area contributed by atoms with E-state index in [4.69, 9.17) is 5.73 Å². The quantitative estimate of drug-likeness (QED) is 0.594. The van der Waals surface area contributed by atoms with Gasteiger partial charge in [-0.25, -0.2) is 4.63 Å². The van der Waals surface area contributed by atoms with Crippen molar-refractivity contribution in [2.75, 3.05) is 5.73 Å². The molecule has 0 bridgehead atoms. The number of carbonyl (C=O) groups is 1. The van der Waals surface area contributed by atoms with Crippen LogP contribution in [0.15, 0.2) is 4.63 Å². The van der Waals surface area contributed by atoms with E-state index in [9.17, 15) is 9.90 Å². The second-order valence-corrected chi connectivity index (χ2v) is 2.70. The van der Waals surface area contributed by atoms with Crippen molar-refractivity contribution < 1.29 is 14.5 Å². The van der Waals surface area contributed by atoms with Crippen molar-refractivity contribution in [2.45, 2.75) is 6.92 Å². The average molecular weight is 209 g/mol. The van der Waals surface area contributed by atoms with Gasteiger partial charge in [0.25, 0.3) is 0 Å². The standard InChI is InChI=1S/C6H6N6O3/c1-2-3(6(13)14)12(11-8-2)5-4(7)9-15-10-5/h1H3,(H2,7,9)(H,13,14)/p-1. The predicted molar refractivity (Wildman–Crippen MR) is 42.7 cm³/mol. The van der Waals surface area contributed by atoms with Gasteiger partial charge in [-0.2, -0.15) is 4.68 Å². The Labute approximate surface area is 82.4 Å². The normalized spacial score (nSPS) is 10.5. The molecule has 0 amide bonds. The second-order valence-electron chi connectivity index (χ2n) is 2.70. The molecule has 2 aromatic heterocycles. The van der Waals surface area contributed by atoms with Crippen LogP contribution in [0.5, 0.6) is 0 Å². The molecule has 15 heavy (non-hydrogen) atoms. The average Bonchev–Trinajstić information content (AvgIpc) is 2.71. The number of nitrogens with zero attached hydrogens (tertiary/aromatic N) is 5. The molecule has 0 fully saturated rings. The maximum Gasteiger partial charge on any atom is 0.244 e. The minimum atomic E-state index is -1.43. The summed E-state index contributed by atoms with van der Waals surface area (Å²) in [5.74, 6) is -1.54. The van der Waals surface area contributed by atoms with Crippen LogP contribution in [-0.2, 0) is 0 Å². The van der Waals surface area contributed by atoms with Crippen molar-refractivity contribution in [1.29, 1.82) is 0 Å². The minimum Gasteiger partial charge on any atom is -0.543 e. The lowest BCUT2D eigenvalue weighted by molar-refractivity contribution is -0.255. The highest BCUT2D eigenvalue weighted by Crippen LogP contribution is 2.13. The number of aryl methyl sites for hydroxylation is 1. The molecule has 0 atom stereocenters. The molecular formula is C6H5N6O3-. The van der Waals surface area contributed by atoms with Crippen molar-refractivity contribution in [1.82, 2.24) is 25.3 Å². The van der Waals surface area contributed by atoms with Crippen molar-refractivity contribution in [3.63, 3.8) is 0 Å². The summed E-state index contributed by atoms with van der Waals surface area (Å²) in [6.45, 7) is 1.47. The Balaban J connectivity index is 2.64. The molecule has 2 N–H and O–H groups in total. The van der Waals surface area contributed by atoms with Gasteiger partial charge in [0.15, 0.2) is 0 Å². The molecule has 0 aromatic carbocycles. The SMILES string of the molecule is Cc1nnn(-c2nonc2N)c1C(=O)[O-]. The van der Waals surface area contributed by atoms with Crippen LogP contribution in [0.25, 0.3) is 5.82 Å². The lowest BCUT2D eigenvalue weighted by atomic mass is 10.3. The molecule has 0 saturated carbocycles. The first-order valence-electron chi connectivity index (χ1n) is 3.83. The van der Waals surface area contributed by atoms with E-state index in [1.165, 1.54) is 6.92 Å². The Morgan fingerprint density at radius 1 is 1.53 bits per heavy atom. The number of aromatic nitrogens is 5. The van der Waals surface area contributed by atoms with Crippen LogP contribution in [-0.4, -0.2) is 31.3 Å². The van der Waals surface area contributed by atoms with E-state index in [1.807, 2.05) is 0 Å². The molecule has 0 aliphatic carbocycles. The first-order chi connectivity index (χ1) is 7.11. The Morgan fingerprint density at radius 3 is 2.80 bits per heavy atom. The van der Waals surface area contributed by atoms with E-state index in [0.29, 0.717) is 0 Å². The highest BCUT2D eigenvalue weighted by molar-refractivity contribution is 5.85. The topological polar surface area (TPSA) is 136 Å². The number of aromatic carboxylic acids is 1. The van der Waals surface area contributed by atoms with Crippen molar-refractivity contribution >= 4 is 11.8 Å². The van der Waals surface area contributed by atoms with E-state index in [0.717, 1.165) is 4.68 Å². The van der Waals surface area contributed by atoms with Crippen molar-refractivity contribution in [3.05, 3.63) is 11.4 Å². The van der Waals surface area contributed by atoms with Crippen LogP contribution in [0.1, 0.15) is 16.2 Å². The molecule has 0 aliphatic rings. The van der Waals surface area contributed by atoms with Gasteiger partial charge in [-0.1, -0.05) is 5.21 Å².